The van der Waals surface area contributed by atoms with Gasteiger partial charge in [-0.05, 0) is 24.8 Å². The van der Waals surface area contributed by atoms with Crippen LogP contribution in [0.5, 0.6) is 0 Å². The van der Waals surface area contributed by atoms with Crippen LogP contribution in [0, 0.1) is 0 Å². The fraction of sp³-hybridized carbons (Fsp3) is 0.450. The van der Waals surface area contributed by atoms with Crippen LogP contribution in [-0.4, -0.2) is 50.5 Å². The van der Waals surface area contributed by atoms with E-state index in [1.54, 1.807) is 6.33 Å². The molecule has 4 rings (SSSR count). The Morgan fingerprint density at radius 3 is 2.74 bits per heavy atom. The van der Waals surface area contributed by atoms with Crippen molar-refractivity contribution < 1.29 is 0 Å². The average molecular weight is 365 g/mol. The first-order valence-electron chi connectivity index (χ1n) is 9.79. The molecule has 0 bridgehead atoms. The van der Waals surface area contributed by atoms with Crippen molar-refractivity contribution in [3.05, 3.63) is 42.2 Å². The lowest BCUT2D eigenvalue weighted by molar-refractivity contribution is 0.211. The minimum absolute atomic E-state index is 0.396. The minimum atomic E-state index is 0.396. The Labute approximate surface area is 159 Å². The number of anilines is 2. The van der Waals surface area contributed by atoms with E-state index >= 15 is 0 Å². The molecule has 7 heteroatoms. The second kappa shape index (κ2) is 8.35. The van der Waals surface area contributed by atoms with Crippen LogP contribution in [0.15, 0.2) is 36.7 Å². The zero-order valence-corrected chi connectivity index (χ0v) is 15.8. The van der Waals surface area contributed by atoms with Gasteiger partial charge >= 0.3 is 0 Å². The minimum Gasteiger partial charge on any atom is -0.368 e. The second-order valence-corrected chi connectivity index (χ2v) is 7.10. The van der Waals surface area contributed by atoms with E-state index in [1.807, 2.05) is 0 Å². The van der Waals surface area contributed by atoms with Gasteiger partial charge in [-0.1, -0.05) is 37.3 Å². The topological polar surface area (TPSA) is 81.8 Å². The Hall–Kier alpha value is -2.67. The van der Waals surface area contributed by atoms with Crippen LogP contribution in [0.1, 0.15) is 31.7 Å². The standard InChI is InChI=1S/C20H27N7/c1-2-10-21-18-17-19(23-14-22-17)26-20(25-18)24-16-8-11-27(12-9-16)13-15-6-4-3-5-7-15/h3-7,14,16H,2,8-13H2,1H3,(H3,21,22,23,24,25,26). The largest absolute Gasteiger partial charge is 0.368 e. The molecule has 0 saturated carbocycles. The SMILES string of the molecule is CCCNc1nc(NC2CCN(Cc3ccccc3)CC2)nc2nc[nH]c12. The van der Waals surface area contributed by atoms with E-state index < -0.39 is 0 Å². The molecular formula is C20H27N7. The molecule has 0 radical (unpaired) electrons. The number of aromatic nitrogens is 4. The normalized spacial score (nSPS) is 15.9. The number of hydrogen-bond donors (Lipinski definition) is 3. The maximum absolute atomic E-state index is 4.67. The summed E-state index contributed by atoms with van der Waals surface area (Å²) in [7, 11) is 0. The third-order valence-corrected chi connectivity index (χ3v) is 5.00. The molecule has 3 heterocycles. The molecule has 142 valence electrons. The van der Waals surface area contributed by atoms with Crippen molar-refractivity contribution in [3.8, 4) is 0 Å². The van der Waals surface area contributed by atoms with Gasteiger partial charge in [-0.15, -0.1) is 0 Å². The molecule has 7 nitrogen and oxygen atoms in total. The van der Waals surface area contributed by atoms with Gasteiger partial charge < -0.3 is 15.6 Å². The smallest absolute Gasteiger partial charge is 0.227 e. The second-order valence-electron chi connectivity index (χ2n) is 7.10. The molecule has 27 heavy (non-hydrogen) atoms. The number of nitrogens with zero attached hydrogens (tertiary/aromatic N) is 4. The van der Waals surface area contributed by atoms with E-state index in [4.69, 9.17) is 0 Å². The summed E-state index contributed by atoms with van der Waals surface area (Å²) in [4.78, 5) is 19.2. The lowest BCUT2D eigenvalue weighted by Gasteiger charge is -2.32. The van der Waals surface area contributed by atoms with Gasteiger partial charge in [0.2, 0.25) is 5.95 Å². The molecule has 1 aliphatic heterocycles. The first-order valence-corrected chi connectivity index (χ1v) is 9.79. The van der Waals surface area contributed by atoms with Crippen LogP contribution < -0.4 is 10.6 Å². The number of benzene rings is 1. The average Bonchev–Trinajstić information content (AvgIpc) is 3.17. The summed E-state index contributed by atoms with van der Waals surface area (Å²) in [6.07, 6.45) is 4.89. The van der Waals surface area contributed by atoms with Crippen molar-refractivity contribution in [3.63, 3.8) is 0 Å². The van der Waals surface area contributed by atoms with Gasteiger partial charge in [0, 0.05) is 32.2 Å². The van der Waals surface area contributed by atoms with E-state index in [-0.39, 0.29) is 0 Å². The first-order chi connectivity index (χ1) is 13.3. The van der Waals surface area contributed by atoms with E-state index in [2.05, 4.69) is 72.7 Å². The van der Waals surface area contributed by atoms with E-state index in [1.165, 1.54) is 5.56 Å². The van der Waals surface area contributed by atoms with Gasteiger partial charge in [0.25, 0.3) is 0 Å². The van der Waals surface area contributed by atoms with Crippen molar-refractivity contribution in [2.24, 2.45) is 0 Å². The Bertz CT molecular complexity index is 853. The molecule has 1 saturated heterocycles. The number of likely N-dealkylation sites (tertiary alicyclic amines) is 1. The van der Waals surface area contributed by atoms with Crippen molar-refractivity contribution in [2.45, 2.75) is 38.8 Å². The number of aromatic amines is 1. The maximum atomic E-state index is 4.67. The fourth-order valence-corrected chi connectivity index (χ4v) is 3.53. The molecule has 1 aliphatic rings. The monoisotopic (exact) mass is 365 g/mol. The third kappa shape index (κ3) is 4.36. The Morgan fingerprint density at radius 2 is 1.96 bits per heavy atom. The zero-order valence-electron chi connectivity index (χ0n) is 15.8. The Morgan fingerprint density at radius 1 is 1.15 bits per heavy atom. The summed E-state index contributed by atoms with van der Waals surface area (Å²) in [5.41, 5.74) is 2.95. The molecule has 0 unspecified atom stereocenters. The molecule has 1 aromatic carbocycles. The lowest BCUT2D eigenvalue weighted by atomic mass is 10.0. The van der Waals surface area contributed by atoms with E-state index in [0.717, 1.165) is 56.8 Å². The molecule has 1 fully saturated rings. The quantitative estimate of drug-likeness (QED) is 0.596. The highest BCUT2D eigenvalue weighted by Gasteiger charge is 2.20. The zero-order chi connectivity index (χ0) is 18.5. The fourth-order valence-electron chi connectivity index (χ4n) is 3.53. The van der Waals surface area contributed by atoms with Crippen molar-refractivity contribution in [1.29, 1.82) is 0 Å². The summed E-state index contributed by atoms with van der Waals surface area (Å²) >= 11 is 0. The van der Waals surface area contributed by atoms with Crippen LogP contribution in [-0.2, 0) is 6.54 Å². The van der Waals surface area contributed by atoms with Crippen LogP contribution in [0.2, 0.25) is 0 Å². The van der Waals surface area contributed by atoms with Gasteiger partial charge in [0.1, 0.15) is 5.52 Å². The van der Waals surface area contributed by atoms with Crippen molar-refractivity contribution in [1.82, 2.24) is 24.8 Å². The number of nitrogens with one attached hydrogen (secondary N) is 3. The molecular weight excluding hydrogens is 338 g/mol. The molecule has 0 spiro atoms. The van der Waals surface area contributed by atoms with Crippen LogP contribution >= 0.6 is 0 Å². The highest BCUT2D eigenvalue weighted by Crippen LogP contribution is 2.21. The number of rotatable bonds is 7. The van der Waals surface area contributed by atoms with Crippen molar-refractivity contribution >= 4 is 22.9 Å². The molecule has 0 aliphatic carbocycles. The maximum Gasteiger partial charge on any atom is 0.227 e. The lowest BCUT2D eigenvalue weighted by Crippen LogP contribution is -2.39. The van der Waals surface area contributed by atoms with Gasteiger partial charge in [-0.2, -0.15) is 9.97 Å². The summed E-state index contributed by atoms with van der Waals surface area (Å²) in [5.74, 6) is 1.48. The highest BCUT2D eigenvalue weighted by molar-refractivity contribution is 5.83. The molecule has 3 N–H and O–H groups in total. The number of imidazole rings is 1. The summed E-state index contributed by atoms with van der Waals surface area (Å²) in [6, 6.07) is 11.1. The third-order valence-electron chi connectivity index (χ3n) is 5.00. The number of H-pyrrole nitrogens is 1. The molecule has 0 atom stereocenters. The van der Waals surface area contributed by atoms with Crippen LogP contribution in [0.3, 0.4) is 0 Å². The Balaban J connectivity index is 1.37. The molecule has 2 aromatic heterocycles. The van der Waals surface area contributed by atoms with Gasteiger partial charge in [0.15, 0.2) is 11.5 Å². The molecule has 0 amide bonds. The Kier molecular flexibility index (Phi) is 5.48. The molecule has 3 aromatic rings. The first kappa shape index (κ1) is 17.7. The van der Waals surface area contributed by atoms with E-state index in [0.29, 0.717) is 17.6 Å². The van der Waals surface area contributed by atoms with E-state index in [9.17, 15) is 0 Å². The van der Waals surface area contributed by atoms with Crippen LogP contribution in [0.4, 0.5) is 11.8 Å². The predicted octanol–water partition coefficient (Wildman–Crippen LogP) is 3.25. The summed E-state index contributed by atoms with van der Waals surface area (Å²) < 4.78 is 0. The van der Waals surface area contributed by atoms with Gasteiger partial charge in [-0.25, -0.2) is 4.98 Å². The summed E-state index contributed by atoms with van der Waals surface area (Å²) in [5, 5.41) is 6.89. The number of piperidine rings is 1. The summed E-state index contributed by atoms with van der Waals surface area (Å²) in [6.45, 7) is 6.20. The van der Waals surface area contributed by atoms with Crippen molar-refractivity contribution in [2.75, 3.05) is 30.3 Å². The number of fused-ring (bicyclic) bond motifs is 1. The van der Waals surface area contributed by atoms with Gasteiger partial charge in [0.05, 0.1) is 6.33 Å². The number of hydrogen-bond acceptors (Lipinski definition) is 6. The highest BCUT2D eigenvalue weighted by atomic mass is 15.2. The van der Waals surface area contributed by atoms with Gasteiger partial charge in [-0.3, -0.25) is 4.90 Å². The predicted molar refractivity (Wildman–Crippen MR) is 109 cm³/mol. The van der Waals surface area contributed by atoms with Crippen LogP contribution in [0.25, 0.3) is 11.2 Å².